The molecule has 1 saturated heterocycles. The third-order valence-electron chi connectivity index (χ3n) is 4.14. The van der Waals surface area contributed by atoms with Gasteiger partial charge in [0.05, 0.1) is 0 Å². The standard InChI is InChI=1S/C20H20FN3O3/c1-11(2)22-19(26)14-7-13(16-5-4-12(3)6-17(16)21)8-15(9-14)24-10-18(25)23-20(24)27/h4-9,11H,10H2,1-3H3,(H,22,26)(H,23,25,27). The number of amides is 4. The van der Waals surface area contributed by atoms with E-state index in [1.807, 2.05) is 13.8 Å². The quantitative estimate of drug-likeness (QED) is 0.814. The Bertz CT molecular complexity index is 940. The summed E-state index contributed by atoms with van der Waals surface area (Å²) < 4.78 is 14.5. The minimum absolute atomic E-state index is 0.0858. The van der Waals surface area contributed by atoms with E-state index in [9.17, 15) is 18.8 Å². The minimum atomic E-state index is -0.572. The third kappa shape index (κ3) is 3.97. The largest absolute Gasteiger partial charge is 0.350 e. The number of benzene rings is 2. The number of hydrogen-bond donors (Lipinski definition) is 2. The van der Waals surface area contributed by atoms with Gasteiger partial charge in [-0.1, -0.05) is 12.1 Å². The minimum Gasteiger partial charge on any atom is -0.350 e. The van der Waals surface area contributed by atoms with E-state index in [1.54, 1.807) is 31.2 Å². The first-order valence-corrected chi connectivity index (χ1v) is 8.58. The lowest BCUT2D eigenvalue weighted by Gasteiger charge is -2.17. The summed E-state index contributed by atoms with van der Waals surface area (Å²) >= 11 is 0. The van der Waals surface area contributed by atoms with Crippen molar-refractivity contribution >= 4 is 23.5 Å². The van der Waals surface area contributed by atoms with Crippen LogP contribution in [0.25, 0.3) is 11.1 Å². The Hall–Kier alpha value is -3.22. The van der Waals surface area contributed by atoms with Crippen LogP contribution in [0.15, 0.2) is 36.4 Å². The second-order valence-electron chi connectivity index (χ2n) is 6.82. The number of carbonyl (C=O) groups excluding carboxylic acids is 3. The van der Waals surface area contributed by atoms with Gasteiger partial charge < -0.3 is 5.32 Å². The molecular weight excluding hydrogens is 349 g/mol. The van der Waals surface area contributed by atoms with Crippen LogP contribution in [0, 0.1) is 12.7 Å². The van der Waals surface area contributed by atoms with Crippen LogP contribution in [0.2, 0.25) is 0 Å². The number of urea groups is 1. The summed E-state index contributed by atoms with van der Waals surface area (Å²) in [5, 5.41) is 4.98. The van der Waals surface area contributed by atoms with E-state index in [0.717, 1.165) is 5.56 Å². The monoisotopic (exact) mass is 369 g/mol. The summed E-state index contributed by atoms with van der Waals surface area (Å²) in [6.45, 7) is 5.29. The molecule has 0 unspecified atom stereocenters. The van der Waals surface area contributed by atoms with Gasteiger partial charge in [-0.05, 0) is 56.2 Å². The van der Waals surface area contributed by atoms with Gasteiger partial charge in [-0.25, -0.2) is 9.18 Å². The van der Waals surface area contributed by atoms with E-state index in [2.05, 4.69) is 10.6 Å². The van der Waals surface area contributed by atoms with Gasteiger partial charge in [-0.15, -0.1) is 0 Å². The lowest BCUT2D eigenvalue weighted by Crippen LogP contribution is -2.31. The van der Waals surface area contributed by atoms with Crippen LogP contribution < -0.4 is 15.5 Å². The Labute approximate surface area is 156 Å². The van der Waals surface area contributed by atoms with Gasteiger partial charge in [0, 0.05) is 22.9 Å². The fourth-order valence-electron chi connectivity index (χ4n) is 2.90. The second kappa shape index (κ2) is 7.19. The topological polar surface area (TPSA) is 78.5 Å². The van der Waals surface area contributed by atoms with Crippen molar-refractivity contribution in [3.63, 3.8) is 0 Å². The Morgan fingerprint density at radius 1 is 1.19 bits per heavy atom. The fraction of sp³-hybridized carbons (Fsp3) is 0.250. The van der Waals surface area contributed by atoms with Gasteiger partial charge in [0.15, 0.2) is 0 Å². The zero-order valence-electron chi connectivity index (χ0n) is 15.3. The molecule has 27 heavy (non-hydrogen) atoms. The fourth-order valence-corrected chi connectivity index (χ4v) is 2.90. The number of aryl methyl sites for hydroxylation is 1. The summed E-state index contributed by atoms with van der Waals surface area (Å²) in [6.07, 6.45) is 0. The predicted octanol–water partition coefficient (Wildman–Crippen LogP) is 3.00. The van der Waals surface area contributed by atoms with Crippen molar-refractivity contribution in [3.05, 3.63) is 53.3 Å². The highest BCUT2D eigenvalue weighted by Crippen LogP contribution is 2.30. The summed E-state index contributed by atoms with van der Waals surface area (Å²) in [6, 6.07) is 8.83. The molecule has 0 radical (unpaired) electrons. The van der Waals surface area contributed by atoms with E-state index in [4.69, 9.17) is 0 Å². The first-order chi connectivity index (χ1) is 12.7. The van der Waals surface area contributed by atoms with Gasteiger partial charge >= 0.3 is 6.03 Å². The molecule has 2 N–H and O–H groups in total. The molecule has 0 atom stereocenters. The highest BCUT2D eigenvalue weighted by Gasteiger charge is 2.29. The number of halogens is 1. The van der Waals surface area contributed by atoms with E-state index >= 15 is 0 Å². The summed E-state index contributed by atoms with van der Waals surface area (Å²) in [7, 11) is 0. The predicted molar refractivity (Wildman–Crippen MR) is 100 cm³/mol. The SMILES string of the molecule is Cc1ccc(-c2cc(C(=O)NC(C)C)cc(N3CC(=O)NC3=O)c2)c(F)c1. The van der Waals surface area contributed by atoms with E-state index in [-0.39, 0.29) is 24.1 Å². The number of nitrogens with zero attached hydrogens (tertiary/aromatic N) is 1. The van der Waals surface area contributed by atoms with Gasteiger partial charge in [0.25, 0.3) is 5.91 Å². The zero-order valence-corrected chi connectivity index (χ0v) is 15.3. The molecule has 1 aliphatic heterocycles. The Morgan fingerprint density at radius 3 is 2.52 bits per heavy atom. The lowest BCUT2D eigenvalue weighted by molar-refractivity contribution is -0.117. The van der Waals surface area contributed by atoms with Crippen LogP contribution in [0.4, 0.5) is 14.9 Å². The van der Waals surface area contributed by atoms with Crippen molar-refractivity contribution in [1.29, 1.82) is 0 Å². The van der Waals surface area contributed by atoms with E-state index in [1.165, 1.54) is 17.0 Å². The molecule has 2 aromatic rings. The molecule has 3 rings (SSSR count). The van der Waals surface area contributed by atoms with Gasteiger partial charge in [-0.3, -0.25) is 19.8 Å². The summed E-state index contributed by atoms with van der Waals surface area (Å²) in [5.41, 5.74) is 2.17. The number of rotatable bonds is 4. The smallest absolute Gasteiger partial charge is 0.329 e. The van der Waals surface area contributed by atoms with Crippen molar-refractivity contribution < 1.29 is 18.8 Å². The average Bonchev–Trinajstić information content (AvgIpc) is 2.92. The number of imide groups is 1. The maximum Gasteiger partial charge on any atom is 0.329 e. The first-order valence-electron chi connectivity index (χ1n) is 8.58. The maximum atomic E-state index is 14.5. The van der Waals surface area contributed by atoms with Crippen LogP contribution in [0.5, 0.6) is 0 Å². The van der Waals surface area contributed by atoms with E-state index < -0.39 is 17.8 Å². The van der Waals surface area contributed by atoms with Gasteiger partial charge in [0.2, 0.25) is 5.91 Å². The number of carbonyl (C=O) groups is 3. The van der Waals surface area contributed by atoms with Crippen LogP contribution >= 0.6 is 0 Å². The van der Waals surface area contributed by atoms with Gasteiger partial charge in [-0.2, -0.15) is 0 Å². The first kappa shape index (κ1) is 18.6. The molecule has 1 heterocycles. The van der Waals surface area contributed by atoms with Gasteiger partial charge in [0.1, 0.15) is 12.4 Å². The molecule has 1 fully saturated rings. The normalized spacial score (nSPS) is 13.9. The second-order valence-corrected chi connectivity index (χ2v) is 6.82. The number of anilines is 1. The molecule has 2 aromatic carbocycles. The van der Waals surface area contributed by atoms with Crippen molar-refractivity contribution in [1.82, 2.24) is 10.6 Å². The zero-order chi connectivity index (χ0) is 19.7. The molecule has 140 valence electrons. The molecule has 0 aromatic heterocycles. The summed E-state index contributed by atoms with van der Waals surface area (Å²) in [4.78, 5) is 37.3. The molecular formula is C20H20FN3O3. The maximum absolute atomic E-state index is 14.5. The van der Waals surface area contributed by atoms with Crippen molar-refractivity contribution in [2.45, 2.75) is 26.8 Å². The molecule has 0 bridgehead atoms. The molecule has 0 spiro atoms. The highest BCUT2D eigenvalue weighted by molar-refractivity contribution is 6.12. The molecule has 0 saturated carbocycles. The molecule has 4 amide bonds. The molecule has 6 nitrogen and oxygen atoms in total. The molecule has 7 heteroatoms. The van der Waals surface area contributed by atoms with Crippen molar-refractivity contribution in [2.75, 3.05) is 11.4 Å². The Morgan fingerprint density at radius 2 is 1.93 bits per heavy atom. The van der Waals surface area contributed by atoms with E-state index in [0.29, 0.717) is 16.8 Å². The molecule has 1 aliphatic rings. The van der Waals surface area contributed by atoms with Crippen LogP contribution in [0.1, 0.15) is 29.8 Å². The molecule has 0 aliphatic carbocycles. The lowest BCUT2D eigenvalue weighted by atomic mass is 9.99. The Kier molecular flexibility index (Phi) is 4.94. The van der Waals surface area contributed by atoms with Crippen LogP contribution in [0.3, 0.4) is 0 Å². The highest BCUT2D eigenvalue weighted by atomic mass is 19.1. The van der Waals surface area contributed by atoms with Crippen molar-refractivity contribution in [3.8, 4) is 11.1 Å². The third-order valence-corrected chi connectivity index (χ3v) is 4.14. The summed E-state index contributed by atoms with van der Waals surface area (Å²) in [5.74, 6) is -1.20. The Balaban J connectivity index is 2.12. The number of hydrogen-bond acceptors (Lipinski definition) is 3. The number of nitrogens with one attached hydrogen (secondary N) is 2. The average molecular weight is 369 g/mol. The van der Waals surface area contributed by atoms with Crippen LogP contribution in [-0.4, -0.2) is 30.4 Å². The van der Waals surface area contributed by atoms with Crippen LogP contribution in [-0.2, 0) is 4.79 Å². The van der Waals surface area contributed by atoms with Crippen molar-refractivity contribution in [2.24, 2.45) is 0 Å².